The van der Waals surface area contributed by atoms with E-state index in [1.54, 1.807) is 0 Å². The predicted molar refractivity (Wildman–Crippen MR) is 48.8 cm³/mol. The summed E-state index contributed by atoms with van der Waals surface area (Å²) in [5.74, 6) is 0. The number of nitrogens with zero attached hydrogens (tertiary/aromatic N) is 2. The zero-order chi connectivity index (χ0) is 8.48. The highest BCUT2D eigenvalue weighted by atomic mass is 15.5. The Bertz CT molecular complexity index is 170. The number of hydrazone groups is 1. The zero-order valence-corrected chi connectivity index (χ0v) is 8.02. The van der Waals surface area contributed by atoms with Crippen molar-refractivity contribution in [3.05, 3.63) is 0 Å². The first-order valence-corrected chi connectivity index (χ1v) is 4.37. The van der Waals surface area contributed by atoms with Crippen LogP contribution in [0.1, 0.15) is 34.1 Å². The van der Waals surface area contributed by atoms with Gasteiger partial charge in [0.05, 0.1) is 0 Å². The fourth-order valence-electron chi connectivity index (χ4n) is 1.34. The molecule has 11 heavy (non-hydrogen) atoms. The molecule has 64 valence electrons. The van der Waals surface area contributed by atoms with E-state index >= 15 is 0 Å². The fraction of sp³-hybridized carbons (Fsp3) is 0.889. The van der Waals surface area contributed by atoms with Gasteiger partial charge in [0.2, 0.25) is 0 Å². The van der Waals surface area contributed by atoms with Crippen LogP contribution in [0.2, 0.25) is 0 Å². The van der Waals surface area contributed by atoms with Gasteiger partial charge in [0.25, 0.3) is 0 Å². The largest absolute Gasteiger partial charge is 0.296 e. The molecule has 0 atom stereocenters. The minimum Gasteiger partial charge on any atom is -0.296 e. The van der Waals surface area contributed by atoms with Crippen molar-refractivity contribution < 1.29 is 0 Å². The Hall–Kier alpha value is -0.530. The Morgan fingerprint density at radius 2 is 2.18 bits per heavy atom. The molecular formula is C9H18N2. The molecule has 0 amide bonds. The summed E-state index contributed by atoms with van der Waals surface area (Å²) in [4.78, 5) is 0. The maximum absolute atomic E-state index is 4.48. The molecule has 0 saturated heterocycles. The molecule has 1 heterocycles. The quantitative estimate of drug-likeness (QED) is 0.595. The van der Waals surface area contributed by atoms with Gasteiger partial charge in [-0.3, -0.25) is 5.01 Å². The lowest BCUT2D eigenvalue weighted by molar-refractivity contribution is 0.266. The van der Waals surface area contributed by atoms with Crippen molar-refractivity contribution in [2.75, 3.05) is 13.1 Å². The summed E-state index contributed by atoms with van der Waals surface area (Å²) in [6, 6.07) is 0. The molecule has 0 N–H and O–H groups in total. The lowest BCUT2D eigenvalue weighted by Gasteiger charge is -2.19. The summed E-state index contributed by atoms with van der Waals surface area (Å²) < 4.78 is 0. The molecule has 2 heteroatoms. The van der Waals surface area contributed by atoms with Gasteiger partial charge in [-0.1, -0.05) is 20.8 Å². The molecule has 0 unspecified atom stereocenters. The second kappa shape index (κ2) is 2.84. The van der Waals surface area contributed by atoms with Crippen LogP contribution >= 0.6 is 0 Å². The number of hydrogen-bond acceptors (Lipinski definition) is 2. The Morgan fingerprint density at radius 3 is 2.55 bits per heavy atom. The van der Waals surface area contributed by atoms with Crippen LogP contribution in [-0.2, 0) is 0 Å². The number of rotatable bonds is 2. The normalized spacial score (nSPS) is 22.2. The van der Waals surface area contributed by atoms with Crippen LogP contribution in [0.25, 0.3) is 0 Å². The maximum atomic E-state index is 4.48. The molecule has 0 aromatic heterocycles. The summed E-state index contributed by atoms with van der Waals surface area (Å²) in [5.41, 5.74) is 1.57. The van der Waals surface area contributed by atoms with Crippen LogP contribution < -0.4 is 0 Å². The van der Waals surface area contributed by atoms with Gasteiger partial charge in [0.1, 0.15) is 0 Å². The van der Waals surface area contributed by atoms with Crippen molar-refractivity contribution >= 4 is 5.71 Å². The third-order valence-electron chi connectivity index (χ3n) is 2.33. The third kappa shape index (κ3) is 1.73. The molecule has 1 aliphatic rings. The first-order chi connectivity index (χ1) is 5.06. The van der Waals surface area contributed by atoms with Gasteiger partial charge in [0.15, 0.2) is 0 Å². The van der Waals surface area contributed by atoms with Crippen molar-refractivity contribution in [1.82, 2.24) is 5.01 Å². The van der Waals surface area contributed by atoms with E-state index < -0.39 is 0 Å². The monoisotopic (exact) mass is 154 g/mol. The zero-order valence-electron chi connectivity index (χ0n) is 8.02. The van der Waals surface area contributed by atoms with Gasteiger partial charge < -0.3 is 0 Å². The summed E-state index contributed by atoms with van der Waals surface area (Å²) in [6.07, 6.45) is 1.19. The highest BCUT2D eigenvalue weighted by Crippen LogP contribution is 2.25. The van der Waals surface area contributed by atoms with Gasteiger partial charge in [-0.15, -0.1) is 0 Å². The van der Waals surface area contributed by atoms with Crippen molar-refractivity contribution in [3.63, 3.8) is 0 Å². The highest BCUT2D eigenvalue weighted by Gasteiger charge is 2.30. The van der Waals surface area contributed by atoms with Crippen LogP contribution in [0, 0.1) is 5.41 Å². The average molecular weight is 154 g/mol. The van der Waals surface area contributed by atoms with E-state index in [0.29, 0.717) is 5.41 Å². The maximum Gasteiger partial charge on any atom is 0.0464 e. The van der Waals surface area contributed by atoms with Crippen molar-refractivity contribution in [1.29, 1.82) is 0 Å². The van der Waals surface area contributed by atoms with Gasteiger partial charge in [-0.05, 0) is 13.3 Å². The minimum absolute atomic E-state index is 0.301. The smallest absolute Gasteiger partial charge is 0.0464 e. The lowest BCUT2D eigenvalue weighted by atomic mass is 9.89. The average Bonchev–Trinajstić information content (AvgIpc) is 2.08. The van der Waals surface area contributed by atoms with Gasteiger partial charge in [-0.25, -0.2) is 0 Å². The topological polar surface area (TPSA) is 15.6 Å². The highest BCUT2D eigenvalue weighted by molar-refractivity contribution is 5.88. The van der Waals surface area contributed by atoms with Crippen molar-refractivity contribution in [3.8, 4) is 0 Å². The minimum atomic E-state index is 0.301. The Balaban J connectivity index is 2.56. The van der Waals surface area contributed by atoms with Gasteiger partial charge >= 0.3 is 0 Å². The molecule has 1 aliphatic heterocycles. The van der Waals surface area contributed by atoms with E-state index in [1.165, 1.54) is 12.1 Å². The fourth-order valence-corrected chi connectivity index (χ4v) is 1.34. The second-order valence-electron chi connectivity index (χ2n) is 3.96. The van der Waals surface area contributed by atoms with Crippen molar-refractivity contribution in [2.45, 2.75) is 34.1 Å². The van der Waals surface area contributed by atoms with E-state index in [-0.39, 0.29) is 0 Å². The summed E-state index contributed by atoms with van der Waals surface area (Å²) >= 11 is 0. The van der Waals surface area contributed by atoms with Crippen LogP contribution in [0.15, 0.2) is 5.10 Å². The molecule has 0 aliphatic carbocycles. The standard InChI is InChI=1S/C9H18N2/c1-5-6-11-7-9(3,4)8(2)10-11/h5-7H2,1-4H3. The molecule has 1 rings (SSSR count). The molecule has 0 aromatic carbocycles. The van der Waals surface area contributed by atoms with Crippen LogP contribution in [-0.4, -0.2) is 23.8 Å². The molecule has 2 nitrogen and oxygen atoms in total. The first-order valence-electron chi connectivity index (χ1n) is 4.37. The molecule has 0 saturated carbocycles. The van der Waals surface area contributed by atoms with E-state index in [1.807, 2.05) is 0 Å². The van der Waals surface area contributed by atoms with Crippen molar-refractivity contribution in [2.24, 2.45) is 10.5 Å². The molecular weight excluding hydrogens is 136 g/mol. The van der Waals surface area contributed by atoms with Crippen LogP contribution in [0.4, 0.5) is 0 Å². The molecule has 0 radical (unpaired) electrons. The second-order valence-corrected chi connectivity index (χ2v) is 3.96. The molecule has 0 bridgehead atoms. The summed E-state index contributed by atoms with van der Waals surface area (Å²) in [5, 5.41) is 6.66. The lowest BCUT2D eigenvalue weighted by Crippen LogP contribution is -2.26. The third-order valence-corrected chi connectivity index (χ3v) is 2.33. The van der Waals surface area contributed by atoms with Crippen LogP contribution in [0.5, 0.6) is 0 Å². The molecule has 0 fully saturated rings. The summed E-state index contributed by atoms with van der Waals surface area (Å²) in [6.45, 7) is 11.0. The Labute approximate surface area is 69.3 Å². The van der Waals surface area contributed by atoms with E-state index in [9.17, 15) is 0 Å². The van der Waals surface area contributed by atoms with Gasteiger partial charge in [-0.2, -0.15) is 5.10 Å². The van der Waals surface area contributed by atoms with E-state index in [0.717, 1.165) is 13.1 Å². The molecule has 0 spiro atoms. The summed E-state index contributed by atoms with van der Waals surface area (Å²) in [7, 11) is 0. The van der Waals surface area contributed by atoms with Crippen LogP contribution in [0.3, 0.4) is 0 Å². The Kier molecular flexibility index (Phi) is 2.21. The predicted octanol–water partition coefficient (Wildman–Crippen LogP) is 2.11. The number of hydrogen-bond donors (Lipinski definition) is 0. The van der Waals surface area contributed by atoms with E-state index in [2.05, 4.69) is 37.8 Å². The van der Waals surface area contributed by atoms with E-state index in [4.69, 9.17) is 0 Å². The van der Waals surface area contributed by atoms with Gasteiger partial charge in [0, 0.05) is 24.2 Å². The Morgan fingerprint density at radius 1 is 1.55 bits per heavy atom. The SMILES string of the molecule is CCCN1CC(C)(C)C(C)=N1. The molecule has 0 aromatic rings. The first kappa shape index (κ1) is 8.57.